The zero-order valence-corrected chi connectivity index (χ0v) is 35.1. The Morgan fingerprint density at radius 1 is 0.415 bits per heavy atom. The molecule has 6 nitrogen and oxygen atoms in total. The Kier molecular flexibility index (Phi) is 9.15. The summed E-state index contributed by atoms with van der Waals surface area (Å²) < 4.78 is 4.58. The zero-order valence-electron chi connectivity index (χ0n) is 35.1. The molecule has 0 bridgehead atoms. The second kappa shape index (κ2) is 15.5. The lowest BCUT2D eigenvalue weighted by atomic mass is 9.89. The minimum Gasteiger partial charge on any atom is -0.309 e. The van der Waals surface area contributed by atoms with Crippen LogP contribution in [0.2, 0.25) is 0 Å². The number of aromatic nitrogens is 2. The Bertz CT molecular complexity index is 3970. The van der Waals surface area contributed by atoms with Crippen LogP contribution in [0.4, 0.5) is 5.69 Å². The molecule has 0 N–H and O–H groups in total. The predicted octanol–water partition coefficient (Wildman–Crippen LogP) is 15.0. The monoisotopic (exact) mass is 826 g/mol. The van der Waals surface area contributed by atoms with Crippen LogP contribution >= 0.6 is 0 Å². The van der Waals surface area contributed by atoms with Gasteiger partial charge in [0.1, 0.15) is 0 Å². The molecule has 0 aliphatic rings. The van der Waals surface area contributed by atoms with E-state index in [-0.39, 0.29) is 0 Å². The van der Waals surface area contributed by atoms with Crippen molar-refractivity contribution < 1.29 is 0 Å². The Balaban J connectivity index is 1.19. The standard InChI is InChI=1S/C59H34N6/c1-37-29-38(34-60)19-24-44(37)47-25-23-43(64-55-17-9-6-14-48(55)52-31-40(21-27-57(52)64)45-12-4-3-11-42(45)36-62)33-50(47)51-30-39(35-61)20-26-58(51)65-56-18-10-7-15-49(56)53-32-41(22-28-59(53)65)46-13-5-8-16-54(46)63-2/h3-33H,1H3. The quantitative estimate of drug-likeness (QED) is 0.156. The summed E-state index contributed by atoms with van der Waals surface area (Å²) >= 11 is 0. The van der Waals surface area contributed by atoms with E-state index in [1.807, 2.05) is 91.9 Å². The Morgan fingerprint density at radius 3 is 1.68 bits per heavy atom. The minimum atomic E-state index is 0.525. The van der Waals surface area contributed by atoms with Crippen molar-refractivity contribution in [2.45, 2.75) is 6.92 Å². The van der Waals surface area contributed by atoms with Gasteiger partial charge in [0.05, 0.1) is 69.2 Å². The summed E-state index contributed by atoms with van der Waals surface area (Å²) in [6.45, 7) is 9.90. The molecule has 2 heterocycles. The lowest BCUT2D eigenvalue weighted by Crippen LogP contribution is -2.01. The van der Waals surface area contributed by atoms with Crippen LogP contribution in [-0.2, 0) is 0 Å². The lowest BCUT2D eigenvalue weighted by Gasteiger charge is -2.20. The molecule has 9 aromatic carbocycles. The number of fused-ring (bicyclic) bond motifs is 6. The van der Waals surface area contributed by atoms with Gasteiger partial charge >= 0.3 is 0 Å². The molecule has 2 aromatic heterocycles. The number of hydrogen-bond donors (Lipinski definition) is 0. The second-order valence-corrected chi connectivity index (χ2v) is 16.2. The molecule has 6 heteroatoms. The second-order valence-electron chi connectivity index (χ2n) is 16.2. The highest BCUT2D eigenvalue weighted by Crippen LogP contribution is 2.44. The van der Waals surface area contributed by atoms with Crippen LogP contribution in [0, 0.1) is 47.5 Å². The van der Waals surface area contributed by atoms with Crippen LogP contribution in [0.15, 0.2) is 188 Å². The van der Waals surface area contributed by atoms with Crippen LogP contribution in [0.5, 0.6) is 0 Å². The maximum absolute atomic E-state index is 10.5. The molecule has 0 aliphatic carbocycles. The summed E-state index contributed by atoms with van der Waals surface area (Å²) in [5.41, 5.74) is 16.6. The van der Waals surface area contributed by atoms with E-state index in [0.717, 1.165) is 105 Å². The van der Waals surface area contributed by atoms with Crippen molar-refractivity contribution in [1.82, 2.24) is 9.13 Å². The fourth-order valence-electron chi connectivity index (χ4n) is 9.65. The number of nitriles is 3. The molecular weight excluding hydrogens is 793 g/mol. The van der Waals surface area contributed by atoms with Gasteiger partial charge in [0.2, 0.25) is 0 Å². The number of hydrogen-bond acceptors (Lipinski definition) is 3. The van der Waals surface area contributed by atoms with E-state index in [1.165, 1.54) is 0 Å². The molecule has 0 saturated heterocycles. The Labute approximate surface area is 375 Å². The number of aryl methyl sites for hydroxylation is 1. The molecule has 11 aromatic rings. The fraction of sp³-hybridized carbons (Fsp3) is 0.0169. The maximum Gasteiger partial charge on any atom is 0.194 e. The van der Waals surface area contributed by atoms with Gasteiger partial charge < -0.3 is 9.13 Å². The third-order valence-electron chi connectivity index (χ3n) is 12.6. The zero-order chi connectivity index (χ0) is 44.2. The molecule has 0 atom stereocenters. The van der Waals surface area contributed by atoms with Gasteiger partial charge in [-0.25, -0.2) is 4.85 Å². The van der Waals surface area contributed by atoms with Gasteiger partial charge in [-0.15, -0.1) is 0 Å². The van der Waals surface area contributed by atoms with Crippen molar-refractivity contribution in [3.63, 3.8) is 0 Å². The highest BCUT2D eigenvalue weighted by molar-refractivity contribution is 6.12. The van der Waals surface area contributed by atoms with E-state index in [0.29, 0.717) is 22.4 Å². The molecule has 0 aliphatic heterocycles. The highest BCUT2D eigenvalue weighted by Gasteiger charge is 2.22. The Morgan fingerprint density at radius 2 is 0.985 bits per heavy atom. The van der Waals surface area contributed by atoms with Crippen molar-refractivity contribution in [3.8, 4) is 74.1 Å². The Hall–Kier alpha value is -9.46. The normalized spacial score (nSPS) is 11.1. The first kappa shape index (κ1) is 38.5. The molecule has 0 fully saturated rings. The first-order valence-electron chi connectivity index (χ1n) is 21.2. The van der Waals surface area contributed by atoms with E-state index in [9.17, 15) is 15.8 Å². The summed E-state index contributed by atoms with van der Waals surface area (Å²) in [6, 6.07) is 70.3. The van der Waals surface area contributed by atoms with Gasteiger partial charge in [0, 0.05) is 32.8 Å². The fourth-order valence-corrected chi connectivity index (χ4v) is 9.65. The van der Waals surface area contributed by atoms with E-state index < -0.39 is 0 Å². The van der Waals surface area contributed by atoms with Crippen LogP contribution in [-0.4, -0.2) is 9.13 Å². The van der Waals surface area contributed by atoms with E-state index in [2.05, 4.69) is 135 Å². The predicted molar refractivity (Wildman–Crippen MR) is 262 cm³/mol. The first-order chi connectivity index (χ1) is 32.0. The summed E-state index contributed by atoms with van der Waals surface area (Å²) in [5.74, 6) is 0. The summed E-state index contributed by atoms with van der Waals surface area (Å²) in [5, 5.41) is 34.6. The average molecular weight is 827 g/mol. The number of rotatable bonds is 6. The first-order valence-corrected chi connectivity index (χ1v) is 21.2. The van der Waals surface area contributed by atoms with Crippen molar-refractivity contribution in [1.29, 1.82) is 15.8 Å². The van der Waals surface area contributed by atoms with Crippen molar-refractivity contribution >= 4 is 49.3 Å². The topological polar surface area (TPSA) is 85.6 Å². The summed E-state index contributed by atoms with van der Waals surface area (Å²) in [7, 11) is 0. The van der Waals surface area contributed by atoms with Gasteiger partial charge in [0.25, 0.3) is 0 Å². The van der Waals surface area contributed by atoms with Gasteiger partial charge in [-0.1, -0.05) is 103 Å². The van der Waals surface area contributed by atoms with Crippen molar-refractivity contribution in [2.24, 2.45) is 0 Å². The minimum absolute atomic E-state index is 0.525. The lowest BCUT2D eigenvalue weighted by molar-refractivity contribution is 1.17. The van der Waals surface area contributed by atoms with Gasteiger partial charge in [-0.2, -0.15) is 15.8 Å². The van der Waals surface area contributed by atoms with Crippen molar-refractivity contribution in [2.75, 3.05) is 0 Å². The third-order valence-corrected chi connectivity index (χ3v) is 12.6. The van der Waals surface area contributed by atoms with Crippen LogP contribution in [0.25, 0.3) is 104 Å². The van der Waals surface area contributed by atoms with Gasteiger partial charge in [0.15, 0.2) is 5.69 Å². The van der Waals surface area contributed by atoms with Crippen LogP contribution < -0.4 is 0 Å². The number of nitrogens with zero attached hydrogens (tertiary/aromatic N) is 6. The molecule has 0 saturated carbocycles. The SMILES string of the molecule is [C-]#[N+]c1ccccc1-c1ccc2c(c1)c1ccccc1n2-c1ccc(C#N)cc1-c1cc(-n2c3ccccc3c3cc(-c4ccccc4C#N)ccc32)ccc1-c1ccc(C#N)cc1C. The molecule has 300 valence electrons. The van der Waals surface area contributed by atoms with E-state index in [4.69, 9.17) is 6.57 Å². The smallest absolute Gasteiger partial charge is 0.194 e. The molecule has 0 radical (unpaired) electrons. The van der Waals surface area contributed by atoms with Crippen LogP contribution in [0.3, 0.4) is 0 Å². The molecule has 0 unspecified atom stereocenters. The third kappa shape index (κ3) is 6.22. The molecule has 65 heavy (non-hydrogen) atoms. The maximum atomic E-state index is 10.5. The number of para-hydroxylation sites is 3. The van der Waals surface area contributed by atoms with Gasteiger partial charge in [-0.3, -0.25) is 0 Å². The summed E-state index contributed by atoms with van der Waals surface area (Å²) in [6.07, 6.45) is 0. The van der Waals surface area contributed by atoms with Gasteiger partial charge in [-0.05, 0) is 136 Å². The molecule has 0 amide bonds. The summed E-state index contributed by atoms with van der Waals surface area (Å²) in [4.78, 5) is 3.82. The van der Waals surface area contributed by atoms with E-state index in [1.54, 1.807) is 0 Å². The highest BCUT2D eigenvalue weighted by atomic mass is 15.0. The van der Waals surface area contributed by atoms with Crippen molar-refractivity contribution in [3.05, 3.63) is 222 Å². The largest absolute Gasteiger partial charge is 0.309 e. The molecular formula is C59H34N6. The average Bonchev–Trinajstić information content (AvgIpc) is 3.88. The molecule has 0 spiro atoms. The van der Waals surface area contributed by atoms with Crippen LogP contribution in [0.1, 0.15) is 22.3 Å². The molecule has 11 rings (SSSR count). The van der Waals surface area contributed by atoms with E-state index >= 15 is 0 Å². The number of benzene rings is 9.